The molecule has 11 heteroatoms. The van der Waals surface area contributed by atoms with Gasteiger partial charge in [-0.1, -0.05) is 149 Å². The van der Waals surface area contributed by atoms with Crippen molar-refractivity contribution in [2.24, 2.45) is 0 Å². The summed E-state index contributed by atoms with van der Waals surface area (Å²) in [5.74, 6) is -1.02. The molecule has 0 bridgehead atoms. The van der Waals surface area contributed by atoms with Crippen molar-refractivity contribution in [3.05, 3.63) is 0 Å². The van der Waals surface area contributed by atoms with Crippen molar-refractivity contribution in [3.8, 4) is 0 Å². The number of esters is 2. The van der Waals surface area contributed by atoms with Crippen molar-refractivity contribution in [2.75, 3.05) is 26.4 Å². The zero-order valence-corrected chi connectivity index (χ0v) is 30.2. The summed E-state index contributed by atoms with van der Waals surface area (Å²) in [6.07, 6.45) is 25.2. The Bertz CT molecular complexity index is 751. The molecule has 10 nitrogen and oxygen atoms in total. The zero-order chi connectivity index (χ0) is 34.1. The van der Waals surface area contributed by atoms with E-state index in [0.29, 0.717) is 12.8 Å². The van der Waals surface area contributed by atoms with Crippen LogP contribution in [0.1, 0.15) is 174 Å². The first-order valence-corrected chi connectivity index (χ1v) is 20.0. The molecule has 0 aromatic heterocycles. The largest absolute Gasteiger partial charge is 0.472 e. The summed E-state index contributed by atoms with van der Waals surface area (Å²) >= 11 is 0. The smallest absolute Gasteiger partial charge is 0.457 e. The second kappa shape index (κ2) is 32.5. The molecule has 0 aromatic carbocycles. The normalized spacial score (nSPS) is 14.1. The van der Waals surface area contributed by atoms with Crippen molar-refractivity contribution < 1.29 is 47.8 Å². The Morgan fingerprint density at radius 2 is 0.761 bits per heavy atom. The molecule has 0 rings (SSSR count). The lowest BCUT2D eigenvalue weighted by atomic mass is 10.0. The van der Waals surface area contributed by atoms with Crippen LogP contribution in [0.15, 0.2) is 0 Å². The SMILES string of the molecule is CCCCCCCCCCCCCCCCCC(=O)OC(CO)COP(=O)(O)OCC(CO)OC(=O)CCCCCCCCCC. The van der Waals surface area contributed by atoms with E-state index in [9.17, 15) is 29.3 Å². The topological polar surface area (TPSA) is 149 Å². The lowest BCUT2D eigenvalue weighted by Gasteiger charge is -2.20. The molecule has 0 fully saturated rings. The van der Waals surface area contributed by atoms with Gasteiger partial charge in [-0.15, -0.1) is 0 Å². The van der Waals surface area contributed by atoms with E-state index in [1.54, 1.807) is 0 Å². The minimum Gasteiger partial charge on any atom is -0.457 e. The molecule has 0 aliphatic carbocycles. The first-order chi connectivity index (χ1) is 22.3. The van der Waals surface area contributed by atoms with Gasteiger partial charge in [0.1, 0.15) is 12.2 Å². The molecule has 3 unspecified atom stereocenters. The highest BCUT2D eigenvalue weighted by Gasteiger charge is 2.27. The summed E-state index contributed by atoms with van der Waals surface area (Å²) in [6.45, 7) is 2.17. The predicted octanol–water partition coefficient (Wildman–Crippen LogP) is 8.72. The number of phosphoric ester groups is 1. The van der Waals surface area contributed by atoms with Gasteiger partial charge in [-0.05, 0) is 12.8 Å². The third-order valence-corrected chi connectivity index (χ3v) is 9.02. The van der Waals surface area contributed by atoms with Crippen LogP contribution in [0, 0.1) is 0 Å². The van der Waals surface area contributed by atoms with E-state index < -0.39 is 58.4 Å². The summed E-state index contributed by atoms with van der Waals surface area (Å²) < 4.78 is 32.3. The maximum absolute atomic E-state index is 12.3. The van der Waals surface area contributed by atoms with Crippen LogP contribution in [0.3, 0.4) is 0 Å². The zero-order valence-electron chi connectivity index (χ0n) is 29.3. The van der Waals surface area contributed by atoms with E-state index in [-0.39, 0.29) is 12.8 Å². The van der Waals surface area contributed by atoms with Gasteiger partial charge >= 0.3 is 19.8 Å². The monoisotopic (exact) mass is 680 g/mol. The number of aliphatic hydroxyl groups is 2. The third-order valence-electron chi connectivity index (χ3n) is 8.07. The Hall–Kier alpha value is -1.03. The van der Waals surface area contributed by atoms with Crippen molar-refractivity contribution in [3.63, 3.8) is 0 Å². The molecule has 0 aliphatic rings. The molecule has 0 amide bonds. The van der Waals surface area contributed by atoms with E-state index in [4.69, 9.17) is 18.5 Å². The maximum atomic E-state index is 12.3. The number of hydrogen-bond acceptors (Lipinski definition) is 9. The molecule has 3 N–H and O–H groups in total. The fourth-order valence-corrected chi connectivity index (χ4v) is 5.96. The van der Waals surface area contributed by atoms with Crippen LogP contribution in [0.25, 0.3) is 0 Å². The van der Waals surface area contributed by atoms with E-state index in [1.807, 2.05) is 0 Å². The van der Waals surface area contributed by atoms with Crippen molar-refractivity contribution in [1.82, 2.24) is 0 Å². The quantitative estimate of drug-likeness (QED) is 0.0337. The molecule has 46 heavy (non-hydrogen) atoms. The average molecular weight is 681 g/mol. The second-order valence-corrected chi connectivity index (χ2v) is 14.0. The fraction of sp³-hybridized carbons (Fsp3) is 0.943. The molecule has 0 aliphatic heterocycles. The first kappa shape index (κ1) is 45.0. The molecule has 0 spiro atoms. The number of hydrogen-bond donors (Lipinski definition) is 3. The number of aliphatic hydroxyl groups excluding tert-OH is 2. The molecular formula is C35H69O10P. The Balaban J connectivity index is 3.94. The average Bonchev–Trinajstić information content (AvgIpc) is 3.04. The van der Waals surface area contributed by atoms with Crippen LogP contribution >= 0.6 is 7.82 Å². The van der Waals surface area contributed by atoms with E-state index in [0.717, 1.165) is 38.5 Å². The van der Waals surface area contributed by atoms with Gasteiger partial charge in [0.2, 0.25) is 0 Å². The van der Waals surface area contributed by atoms with Gasteiger partial charge in [0, 0.05) is 12.8 Å². The lowest BCUT2D eigenvalue weighted by molar-refractivity contribution is -0.153. The van der Waals surface area contributed by atoms with E-state index in [2.05, 4.69) is 13.8 Å². The Labute approximate surface area is 280 Å². The van der Waals surface area contributed by atoms with Gasteiger partial charge in [0.15, 0.2) is 0 Å². The fourth-order valence-electron chi connectivity index (χ4n) is 5.17. The minimum absolute atomic E-state index is 0.196. The van der Waals surface area contributed by atoms with Crippen LogP contribution in [-0.2, 0) is 32.7 Å². The lowest BCUT2D eigenvalue weighted by Crippen LogP contribution is -2.28. The molecule has 0 aromatic rings. The number of unbranched alkanes of at least 4 members (excludes halogenated alkanes) is 21. The number of rotatable bonds is 35. The molecule has 0 saturated carbocycles. The predicted molar refractivity (Wildman–Crippen MR) is 182 cm³/mol. The Kier molecular flexibility index (Phi) is 31.8. The summed E-state index contributed by atoms with van der Waals surface area (Å²) in [6, 6.07) is 0. The molecule has 274 valence electrons. The summed E-state index contributed by atoms with van der Waals surface area (Å²) in [4.78, 5) is 34.2. The van der Waals surface area contributed by atoms with Crippen LogP contribution in [-0.4, -0.2) is 65.7 Å². The van der Waals surface area contributed by atoms with Gasteiger partial charge in [-0.2, -0.15) is 0 Å². The highest BCUT2D eigenvalue weighted by atomic mass is 31.2. The van der Waals surface area contributed by atoms with E-state index >= 15 is 0 Å². The first-order valence-electron chi connectivity index (χ1n) is 18.5. The Morgan fingerprint density at radius 3 is 1.02 bits per heavy atom. The number of phosphoric acid groups is 1. The van der Waals surface area contributed by atoms with Crippen molar-refractivity contribution >= 4 is 19.8 Å². The van der Waals surface area contributed by atoms with Crippen LogP contribution in [0.5, 0.6) is 0 Å². The van der Waals surface area contributed by atoms with Gasteiger partial charge < -0.3 is 24.6 Å². The van der Waals surface area contributed by atoms with Gasteiger partial charge in [0.25, 0.3) is 0 Å². The van der Waals surface area contributed by atoms with Crippen molar-refractivity contribution in [1.29, 1.82) is 0 Å². The van der Waals surface area contributed by atoms with Gasteiger partial charge in [0.05, 0.1) is 26.4 Å². The minimum atomic E-state index is -4.61. The summed E-state index contributed by atoms with van der Waals surface area (Å²) in [5, 5.41) is 19.0. The standard InChI is InChI=1S/C35H69O10P/c1-3-5-7-9-11-13-14-15-16-17-18-19-21-23-25-27-35(39)45-33(29-37)31-43-46(40,41)42-30-32(28-36)44-34(38)26-24-22-20-12-10-8-6-4-2/h32-33,36-37H,3-31H2,1-2H3,(H,40,41). The maximum Gasteiger partial charge on any atom is 0.472 e. The summed E-state index contributed by atoms with van der Waals surface area (Å²) in [7, 11) is -4.61. The Morgan fingerprint density at radius 1 is 0.500 bits per heavy atom. The number of carbonyl (C=O) groups is 2. The molecule has 3 atom stereocenters. The van der Waals surface area contributed by atoms with Crippen molar-refractivity contribution in [2.45, 2.75) is 187 Å². The highest BCUT2D eigenvalue weighted by Crippen LogP contribution is 2.43. The van der Waals surface area contributed by atoms with Gasteiger partial charge in [-0.3, -0.25) is 18.6 Å². The summed E-state index contributed by atoms with van der Waals surface area (Å²) in [5.41, 5.74) is 0. The van der Waals surface area contributed by atoms with Gasteiger partial charge in [-0.25, -0.2) is 4.57 Å². The van der Waals surface area contributed by atoms with Crippen LogP contribution in [0.4, 0.5) is 0 Å². The molecule has 0 radical (unpaired) electrons. The van der Waals surface area contributed by atoms with Crippen LogP contribution in [0.2, 0.25) is 0 Å². The molecular weight excluding hydrogens is 611 g/mol. The highest BCUT2D eigenvalue weighted by molar-refractivity contribution is 7.47. The number of ether oxygens (including phenoxy) is 2. The molecule has 0 saturated heterocycles. The second-order valence-electron chi connectivity index (χ2n) is 12.6. The number of carbonyl (C=O) groups excluding carboxylic acids is 2. The third kappa shape index (κ3) is 30.3. The molecule has 0 heterocycles. The van der Waals surface area contributed by atoms with Crippen LogP contribution < -0.4 is 0 Å². The van der Waals surface area contributed by atoms with E-state index in [1.165, 1.54) is 96.3 Å².